The predicted molar refractivity (Wildman–Crippen MR) is 117 cm³/mol. The minimum absolute atomic E-state index is 0.0281. The van der Waals surface area contributed by atoms with Gasteiger partial charge < -0.3 is 14.5 Å². The third-order valence-electron chi connectivity index (χ3n) is 3.91. The molecule has 0 saturated carbocycles. The summed E-state index contributed by atoms with van der Waals surface area (Å²) in [5.41, 5.74) is 1.92. The first kappa shape index (κ1) is 25.7. The van der Waals surface area contributed by atoms with Gasteiger partial charge in [0.1, 0.15) is 11.4 Å². The van der Waals surface area contributed by atoms with Crippen molar-refractivity contribution in [2.75, 3.05) is 0 Å². The largest absolute Gasteiger partial charge is 0.334 e. The molecule has 9 nitrogen and oxygen atoms in total. The van der Waals surface area contributed by atoms with Crippen LogP contribution >= 0.6 is 0 Å². The van der Waals surface area contributed by atoms with Gasteiger partial charge in [-0.3, -0.25) is 0 Å². The van der Waals surface area contributed by atoms with Crippen LogP contribution in [0.25, 0.3) is 0 Å². The second kappa shape index (κ2) is 13.8. The number of hydrogen-bond acceptors (Lipinski definition) is 9. The number of nitrogens with zero attached hydrogens (tertiary/aromatic N) is 3. The van der Waals surface area contributed by atoms with Crippen LogP contribution in [-0.2, 0) is 28.9 Å². The lowest BCUT2D eigenvalue weighted by Gasteiger charge is -2.12. The van der Waals surface area contributed by atoms with Crippen molar-refractivity contribution < 1.29 is 28.9 Å². The third-order valence-corrected chi connectivity index (χ3v) is 3.91. The normalized spacial score (nSPS) is 12.4. The summed E-state index contributed by atoms with van der Waals surface area (Å²) in [5, 5.41) is 11.8. The third kappa shape index (κ3) is 8.90. The van der Waals surface area contributed by atoms with Crippen LogP contribution in [0.5, 0.6) is 0 Å². The van der Waals surface area contributed by atoms with Crippen LogP contribution in [0.1, 0.15) is 70.9 Å². The Labute approximate surface area is 182 Å². The monoisotopic (exact) mass is 431 g/mol. The Balaban J connectivity index is 3.61. The Kier molecular flexibility index (Phi) is 11.4. The number of carbonyl (C=O) groups is 3. The van der Waals surface area contributed by atoms with Gasteiger partial charge in [-0.25, -0.2) is 14.4 Å². The summed E-state index contributed by atoms with van der Waals surface area (Å²) < 4.78 is 0. The van der Waals surface area contributed by atoms with Crippen LogP contribution in [-0.4, -0.2) is 35.0 Å². The van der Waals surface area contributed by atoms with Gasteiger partial charge in [-0.2, -0.15) is 0 Å². The molecule has 0 aliphatic rings. The van der Waals surface area contributed by atoms with Crippen molar-refractivity contribution >= 4 is 35.0 Å². The molecule has 0 atom stereocenters. The average molecular weight is 431 g/mol. The molecule has 168 valence electrons. The van der Waals surface area contributed by atoms with Crippen molar-refractivity contribution in [3.05, 3.63) is 35.4 Å². The lowest BCUT2D eigenvalue weighted by atomic mass is 9.99. The molecular weight excluding hydrogens is 402 g/mol. The van der Waals surface area contributed by atoms with Crippen molar-refractivity contribution in [1.29, 1.82) is 0 Å². The van der Waals surface area contributed by atoms with Gasteiger partial charge in [0, 0.05) is 24.8 Å². The van der Waals surface area contributed by atoms with Crippen molar-refractivity contribution in [3.8, 4) is 0 Å². The van der Waals surface area contributed by atoms with E-state index in [2.05, 4.69) is 15.5 Å². The van der Waals surface area contributed by atoms with E-state index < -0.39 is 17.9 Å². The Morgan fingerprint density at radius 2 is 1.23 bits per heavy atom. The first-order chi connectivity index (χ1) is 14.9. The molecule has 0 fully saturated rings. The molecule has 31 heavy (non-hydrogen) atoms. The minimum Gasteiger partial charge on any atom is -0.318 e. The molecule has 1 aromatic carbocycles. The molecule has 0 radical (unpaired) electrons. The summed E-state index contributed by atoms with van der Waals surface area (Å²) in [7, 11) is 0. The summed E-state index contributed by atoms with van der Waals surface area (Å²) in [6.45, 7) is 8.71. The molecule has 1 aromatic rings. The van der Waals surface area contributed by atoms with Crippen LogP contribution in [0.2, 0.25) is 0 Å². The van der Waals surface area contributed by atoms with Gasteiger partial charge in [0.05, 0.1) is 0 Å². The van der Waals surface area contributed by atoms with Gasteiger partial charge >= 0.3 is 17.9 Å². The molecule has 0 bridgehead atoms. The van der Waals surface area contributed by atoms with E-state index in [1.165, 1.54) is 0 Å². The average Bonchev–Trinajstić information content (AvgIpc) is 2.78. The fourth-order valence-electron chi connectivity index (χ4n) is 2.11. The highest BCUT2D eigenvalue weighted by Gasteiger charge is 2.22. The predicted octanol–water partition coefficient (Wildman–Crippen LogP) is 4.07. The summed E-state index contributed by atoms with van der Waals surface area (Å²) in [6, 6.07) is 7.20. The lowest BCUT2D eigenvalue weighted by Crippen LogP contribution is -2.27. The minimum atomic E-state index is -0.576. The molecular formula is C22H29N3O6. The molecule has 0 spiro atoms. The number of hydrogen-bond donors (Lipinski definition) is 0. The first-order valence-electron chi connectivity index (χ1n) is 10.3. The van der Waals surface area contributed by atoms with Crippen molar-refractivity contribution in [2.45, 2.75) is 66.7 Å². The van der Waals surface area contributed by atoms with Crippen LogP contribution in [0, 0.1) is 6.92 Å². The first-order valence-corrected chi connectivity index (χ1v) is 10.3. The molecule has 0 saturated heterocycles. The van der Waals surface area contributed by atoms with Gasteiger partial charge in [-0.1, -0.05) is 79.4 Å². The van der Waals surface area contributed by atoms with E-state index in [0.717, 1.165) is 5.56 Å². The van der Waals surface area contributed by atoms with Crippen molar-refractivity contribution in [2.24, 2.45) is 15.5 Å². The molecule has 0 N–H and O–H groups in total. The van der Waals surface area contributed by atoms with E-state index in [0.29, 0.717) is 18.4 Å². The summed E-state index contributed by atoms with van der Waals surface area (Å²) in [5.74, 6) is -1.67. The number of aryl methyl sites for hydroxylation is 1. The van der Waals surface area contributed by atoms with Crippen molar-refractivity contribution in [1.82, 2.24) is 0 Å². The highest BCUT2D eigenvalue weighted by Crippen LogP contribution is 2.11. The van der Waals surface area contributed by atoms with Gasteiger partial charge in [-0.05, 0) is 13.3 Å². The quantitative estimate of drug-likeness (QED) is 0.296. The Hall–Kier alpha value is -3.36. The van der Waals surface area contributed by atoms with E-state index in [1.807, 2.05) is 26.0 Å². The van der Waals surface area contributed by atoms with Crippen LogP contribution in [0.3, 0.4) is 0 Å². The van der Waals surface area contributed by atoms with Gasteiger partial charge in [0.15, 0.2) is 5.71 Å². The van der Waals surface area contributed by atoms with E-state index in [4.69, 9.17) is 14.5 Å². The second-order valence-corrected chi connectivity index (χ2v) is 6.48. The number of benzene rings is 1. The summed E-state index contributed by atoms with van der Waals surface area (Å²) in [4.78, 5) is 50.0. The number of rotatable bonds is 11. The highest BCUT2D eigenvalue weighted by atomic mass is 16.7. The standard InChI is InChI=1S/C22H29N3O6/c1-6-10-17(23-29-18(26)7-2)22(25-31-20(28)9-4)21(24-30-19(27)8-3)16-13-11-15(5)12-14-16/h11-14H,6-10H2,1-5H3/b23-17+,24-21+,25-22+. The molecule has 0 amide bonds. The fourth-order valence-corrected chi connectivity index (χ4v) is 2.11. The smallest absolute Gasteiger partial charge is 0.318 e. The summed E-state index contributed by atoms with van der Waals surface area (Å²) >= 11 is 0. The fraction of sp³-hybridized carbons (Fsp3) is 0.455. The van der Waals surface area contributed by atoms with Crippen LogP contribution in [0.15, 0.2) is 39.7 Å². The summed E-state index contributed by atoms with van der Waals surface area (Å²) in [6.07, 6.45) is 1.31. The second-order valence-electron chi connectivity index (χ2n) is 6.48. The molecule has 1 rings (SSSR count). The molecule has 9 heteroatoms. The van der Waals surface area contributed by atoms with Crippen LogP contribution in [0.4, 0.5) is 0 Å². The van der Waals surface area contributed by atoms with E-state index in [9.17, 15) is 14.4 Å². The number of carbonyl (C=O) groups excluding carboxylic acids is 3. The maximum atomic E-state index is 11.7. The van der Waals surface area contributed by atoms with Gasteiger partial charge in [0.2, 0.25) is 0 Å². The Morgan fingerprint density at radius 1 is 0.742 bits per heavy atom. The zero-order chi connectivity index (χ0) is 23.2. The lowest BCUT2D eigenvalue weighted by molar-refractivity contribution is -0.144. The van der Waals surface area contributed by atoms with Crippen molar-refractivity contribution in [3.63, 3.8) is 0 Å². The maximum Gasteiger partial charge on any atom is 0.334 e. The highest BCUT2D eigenvalue weighted by molar-refractivity contribution is 6.71. The topological polar surface area (TPSA) is 116 Å². The molecule has 0 aromatic heterocycles. The molecule has 0 aliphatic heterocycles. The molecule has 0 heterocycles. The SMILES string of the molecule is CCCC(=N\OC(=O)CC)/C(=N\OC(=O)CC)C(=N/OC(=O)CC)/c1ccc(C)cc1. The van der Waals surface area contributed by atoms with Gasteiger partial charge in [-0.15, -0.1) is 0 Å². The van der Waals surface area contributed by atoms with Gasteiger partial charge in [0.25, 0.3) is 0 Å². The Morgan fingerprint density at radius 3 is 1.71 bits per heavy atom. The Bertz CT molecular complexity index is 857. The number of oxime groups is 3. The molecule has 0 unspecified atom stereocenters. The van der Waals surface area contributed by atoms with E-state index in [1.54, 1.807) is 32.9 Å². The maximum absolute atomic E-state index is 11.7. The van der Waals surface area contributed by atoms with E-state index in [-0.39, 0.29) is 36.4 Å². The zero-order valence-corrected chi connectivity index (χ0v) is 18.6. The van der Waals surface area contributed by atoms with E-state index >= 15 is 0 Å². The zero-order valence-electron chi connectivity index (χ0n) is 18.6. The van der Waals surface area contributed by atoms with Crippen LogP contribution < -0.4 is 0 Å². The molecule has 0 aliphatic carbocycles.